The van der Waals surface area contributed by atoms with Crippen molar-refractivity contribution >= 4 is 17.5 Å². The molecule has 0 spiro atoms. The standard InChI is InChI=1S/C22H29N3O2/c1-5-25(14-19-9-7-6-8-18(19)3)16-22(27)24(4)15-21(26)23-20-12-10-17(2)11-13-20/h6-13H,5,14-16H2,1-4H3,(H,23,26). The van der Waals surface area contributed by atoms with E-state index in [1.165, 1.54) is 16.0 Å². The molecule has 2 rings (SSSR count). The van der Waals surface area contributed by atoms with Crippen LogP contribution in [0.25, 0.3) is 0 Å². The van der Waals surface area contributed by atoms with E-state index in [1.807, 2.05) is 50.2 Å². The molecule has 27 heavy (non-hydrogen) atoms. The number of amides is 2. The summed E-state index contributed by atoms with van der Waals surface area (Å²) in [5, 5.41) is 2.82. The maximum absolute atomic E-state index is 12.5. The Labute approximate surface area is 162 Å². The summed E-state index contributed by atoms with van der Waals surface area (Å²) in [5.41, 5.74) is 4.30. The van der Waals surface area contributed by atoms with E-state index in [2.05, 4.69) is 29.3 Å². The minimum absolute atomic E-state index is 0.0363. The van der Waals surface area contributed by atoms with E-state index in [9.17, 15) is 9.59 Å². The molecular formula is C22H29N3O2. The summed E-state index contributed by atoms with van der Waals surface area (Å²) in [6.45, 7) is 7.92. The van der Waals surface area contributed by atoms with Crippen LogP contribution < -0.4 is 5.32 Å². The first-order valence-electron chi connectivity index (χ1n) is 9.26. The maximum Gasteiger partial charge on any atom is 0.243 e. The van der Waals surface area contributed by atoms with Crippen LogP contribution in [0.5, 0.6) is 0 Å². The van der Waals surface area contributed by atoms with Gasteiger partial charge < -0.3 is 10.2 Å². The molecule has 2 aromatic rings. The molecule has 144 valence electrons. The summed E-state index contributed by atoms with van der Waals surface area (Å²) >= 11 is 0. The van der Waals surface area contributed by atoms with Crippen LogP contribution >= 0.6 is 0 Å². The highest BCUT2D eigenvalue weighted by atomic mass is 16.2. The van der Waals surface area contributed by atoms with Crippen molar-refractivity contribution in [3.8, 4) is 0 Å². The third-order valence-corrected chi connectivity index (χ3v) is 4.60. The monoisotopic (exact) mass is 367 g/mol. The molecule has 0 aliphatic carbocycles. The van der Waals surface area contributed by atoms with Gasteiger partial charge in [0.15, 0.2) is 0 Å². The Bertz CT molecular complexity index is 771. The molecule has 0 unspecified atom stereocenters. The van der Waals surface area contributed by atoms with Crippen molar-refractivity contribution in [2.75, 3.05) is 32.0 Å². The van der Waals surface area contributed by atoms with Gasteiger partial charge in [-0.15, -0.1) is 0 Å². The average Bonchev–Trinajstić information content (AvgIpc) is 2.64. The predicted octanol–water partition coefficient (Wildman–Crippen LogP) is 3.22. The number of benzene rings is 2. The van der Waals surface area contributed by atoms with Gasteiger partial charge in [0.2, 0.25) is 11.8 Å². The predicted molar refractivity (Wildman–Crippen MR) is 110 cm³/mol. The van der Waals surface area contributed by atoms with Gasteiger partial charge in [-0.25, -0.2) is 0 Å². The van der Waals surface area contributed by atoms with Crippen molar-refractivity contribution in [2.45, 2.75) is 27.3 Å². The fourth-order valence-electron chi connectivity index (χ4n) is 2.76. The molecule has 0 radical (unpaired) electrons. The topological polar surface area (TPSA) is 52.7 Å². The van der Waals surface area contributed by atoms with Crippen molar-refractivity contribution in [1.29, 1.82) is 0 Å². The van der Waals surface area contributed by atoms with Crippen molar-refractivity contribution in [2.24, 2.45) is 0 Å². The highest BCUT2D eigenvalue weighted by molar-refractivity contribution is 5.94. The second-order valence-corrected chi connectivity index (χ2v) is 6.89. The zero-order valence-corrected chi connectivity index (χ0v) is 16.7. The van der Waals surface area contributed by atoms with Gasteiger partial charge in [-0.1, -0.05) is 48.9 Å². The van der Waals surface area contributed by atoms with E-state index < -0.39 is 0 Å². The summed E-state index contributed by atoms with van der Waals surface area (Å²) in [6.07, 6.45) is 0. The van der Waals surface area contributed by atoms with Gasteiger partial charge in [-0.2, -0.15) is 0 Å². The number of nitrogens with one attached hydrogen (secondary N) is 1. The van der Waals surface area contributed by atoms with Crippen molar-refractivity contribution in [1.82, 2.24) is 9.80 Å². The molecule has 0 atom stereocenters. The SMILES string of the molecule is CCN(CC(=O)N(C)CC(=O)Nc1ccc(C)cc1)Cc1ccccc1C. The van der Waals surface area contributed by atoms with Gasteiger partial charge in [0.1, 0.15) is 0 Å². The summed E-state index contributed by atoms with van der Waals surface area (Å²) in [5.74, 6) is -0.263. The second-order valence-electron chi connectivity index (χ2n) is 6.89. The average molecular weight is 367 g/mol. The molecule has 0 aromatic heterocycles. The number of rotatable bonds is 8. The van der Waals surface area contributed by atoms with Crippen LogP contribution in [0.4, 0.5) is 5.69 Å². The lowest BCUT2D eigenvalue weighted by Crippen LogP contribution is -2.41. The lowest BCUT2D eigenvalue weighted by atomic mass is 10.1. The molecule has 0 bridgehead atoms. The highest BCUT2D eigenvalue weighted by Crippen LogP contribution is 2.11. The number of carbonyl (C=O) groups excluding carboxylic acids is 2. The number of likely N-dealkylation sites (N-methyl/N-ethyl adjacent to an activating group) is 2. The third kappa shape index (κ3) is 6.53. The lowest BCUT2D eigenvalue weighted by molar-refractivity contribution is -0.134. The number of hydrogen-bond acceptors (Lipinski definition) is 3. The Morgan fingerprint density at radius 1 is 0.963 bits per heavy atom. The van der Waals surface area contributed by atoms with E-state index in [0.717, 1.165) is 24.3 Å². The molecule has 1 N–H and O–H groups in total. The Morgan fingerprint density at radius 2 is 1.63 bits per heavy atom. The van der Waals surface area contributed by atoms with E-state index in [4.69, 9.17) is 0 Å². The molecule has 0 aliphatic heterocycles. The Balaban J connectivity index is 1.86. The van der Waals surface area contributed by atoms with Crippen LogP contribution in [0, 0.1) is 13.8 Å². The van der Waals surface area contributed by atoms with Gasteiger partial charge in [-0.3, -0.25) is 14.5 Å². The van der Waals surface area contributed by atoms with Crippen LogP contribution in [0.3, 0.4) is 0 Å². The van der Waals surface area contributed by atoms with Gasteiger partial charge in [-0.05, 0) is 43.7 Å². The zero-order valence-electron chi connectivity index (χ0n) is 16.7. The molecule has 0 aliphatic rings. The van der Waals surface area contributed by atoms with Gasteiger partial charge >= 0.3 is 0 Å². The fourth-order valence-corrected chi connectivity index (χ4v) is 2.76. The van der Waals surface area contributed by atoms with Crippen molar-refractivity contribution < 1.29 is 9.59 Å². The minimum atomic E-state index is -0.198. The first-order valence-corrected chi connectivity index (χ1v) is 9.26. The van der Waals surface area contributed by atoms with Crippen LogP contribution in [0.1, 0.15) is 23.6 Å². The number of carbonyl (C=O) groups is 2. The highest BCUT2D eigenvalue weighted by Gasteiger charge is 2.17. The molecule has 0 heterocycles. The lowest BCUT2D eigenvalue weighted by Gasteiger charge is -2.24. The fraction of sp³-hybridized carbons (Fsp3) is 0.364. The summed E-state index contributed by atoms with van der Waals surface area (Å²) in [6, 6.07) is 15.8. The van der Waals surface area contributed by atoms with E-state index in [0.29, 0.717) is 6.54 Å². The first-order chi connectivity index (χ1) is 12.9. The Hall–Kier alpha value is -2.66. The largest absolute Gasteiger partial charge is 0.335 e. The molecule has 0 saturated carbocycles. The molecular weight excluding hydrogens is 338 g/mol. The molecule has 2 amide bonds. The maximum atomic E-state index is 12.5. The van der Waals surface area contributed by atoms with Gasteiger partial charge in [0.05, 0.1) is 13.1 Å². The Kier molecular flexibility index (Phi) is 7.55. The minimum Gasteiger partial charge on any atom is -0.335 e. The second kappa shape index (κ2) is 9.88. The van der Waals surface area contributed by atoms with Crippen molar-refractivity contribution in [3.05, 3.63) is 65.2 Å². The molecule has 0 fully saturated rings. The van der Waals surface area contributed by atoms with Crippen LogP contribution in [-0.4, -0.2) is 48.3 Å². The van der Waals surface area contributed by atoms with E-state index in [1.54, 1.807) is 7.05 Å². The normalized spacial score (nSPS) is 10.7. The van der Waals surface area contributed by atoms with Crippen LogP contribution in [0.2, 0.25) is 0 Å². The Morgan fingerprint density at radius 3 is 2.26 bits per heavy atom. The molecule has 5 nitrogen and oxygen atoms in total. The summed E-state index contributed by atoms with van der Waals surface area (Å²) < 4.78 is 0. The number of nitrogens with zero attached hydrogens (tertiary/aromatic N) is 2. The molecule has 5 heteroatoms. The molecule has 2 aromatic carbocycles. The zero-order chi connectivity index (χ0) is 19.8. The smallest absolute Gasteiger partial charge is 0.243 e. The van der Waals surface area contributed by atoms with E-state index in [-0.39, 0.29) is 18.4 Å². The number of anilines is 1. The quantitative estimate of drug-likeness (QED) is 0.779. The number of hydrogen-bond donors (Lipinski definition) is 1. The summed E-state index contributed by atoms with van der Waals surface area (Å²) in [7, 11) is 1.67. The van der Waals surface area contributed by atoms with Crippen molar-refractivity contribution in [3.63, 3.8) is 0 Å². The summed E-state index contributed by atoms with van der Waals surface area (Å²) in [4.78, 5) is 28.3. The van der Waals surface area contributed by atoms with E-state index >= 15 is 0 Å². The molecule has 0 saturated heterocycles. The van der Waals surface area contributed by atoms with Crippen LogP contribution in [0.15, 0.2) is 48.5 Å². The van der Waals surface area contributed by atoms with Gasteiger partial charge in [0.25, 0.3) is 0 Å². The third-order valence-electron chi connectivity index (χ3n) is 4.60. The first kappa shape index (κ1) is 20.6. The van der Waals surface area contributed by atoms with Gasteiger partial charge in [0, 0.05) is 19.3 Å². The van der Waals surface area contributed by atoms with Crippen LogP contribution in [-0.2, 0) is 16.1 Å². The number of aryl methyl sites for hydroxylation is 2.